The van der Waals surface area contributed by atoms with E-state index in [4.69, 9.17) is 11.6 Å². The van der Waals surface area contributed by atoms with Crippen molar-refractivity contribution in [2.45, 2.75) is 37.7 Å². The van der Waals surface area contributed by atoms with Crippen LogP contribution in [0.1, 0.15) is 31.2 Å². The van der Waals surface area contributed by atoms with Gasteiger partial charge in [0, 0.05) is 11.4 Å². The summed E-state index contributed by atoms with van der Waals surface area (Å²) in [6, 6.07) is 3.95. The summed E-state index contributed by atoms with van der Waals surface area (Å²) < 4.78 is 12.8. The first-order valence-corrected chi connectivity index (χ1v) is 6.09. The van der Waals surface area contributed by atoms with Crippen molar-refractivity contribution in [1.82, 2.24) is 0 Å². The first kappa shape index (κ1) is 12.5. The van der Waals surface area contributed by atoms with Gasteiger partial charge in [0.1, 0.15) is 11.4 Å². The normalized spacial score (nSPS) is 18.3. The molecule has 92 valence electrons. The van der Waals surface area contributed by atoms with Crippen molar-refractivity contribution in [2.24, 2.45) is 0 Å². The second-order valence-electron chi connectivity index (χ2n) is 4.57. The van der Waals surface area contributed by atoms with Gasteiger partial charge in [-0.2, -0.15) is 0 Å². The van der Waals surface area contributed by atoms with Crippen LogP contribution in [0.25, 0.3) is 0 Å². The molecule has 0 amide bonds. The van der Waals surface area contributed by atoms with Crippen molar-refractivity contribution in [2.75, 3.05) is 0 Å². The summed E-state index contributed by atoms with van der Waals surface area (Å²) in [6.45, 7) is 0. The largest absolute Gasteiger partial charge is 0.382 e. The third-order valence-electron chi connectivity index (χ3n) is 3.32. The molecule has 0 aliphatic heterocycles. The van der Waals surface area contributed by atoms with Gasteiger partial charge in [-0.05, 0) is 43.4 Å². The minimum absolute atomic E-state index is 0.0651. The topological polar surface area (TPSA) is 37.3 Å². The lowest BCUT2D eigenvalue weighted by atomic mass is 9.92. The van der Waals surface area contributed by atoms with E-state index in [1.165, 1.54) is 18.2 Å². The summed E-state index contributed by atoms with van der Waals surface area (Å²) in [5.41, 5.74) is -0.629. The van der Waals surface area contributed by atoms with E-state index in [0.29, 0.717) is 18.4 Å². The second-order valence-corrected chi connectivity index (χ2v) is 4.98. The smallest absolute Gasteiger partial charge is 0.168 e. The standard InChI is InChI=1S/C13H14ClFO2/c14-11-8-10(15)4-3-9(11)7-12(16)13(17)5-1-2-6-13/h3-4,8,17H,1-2,5-7H2. The van der Waals surface area contributed by atoms with Gasteiger partial charge in [0.25, 0.3) is 0 Å². The summed E-state index contributed by atoms with van der Waals surface area (Å²) in [4.78, 5) is 12.0. The Kier molecular flexibility index (Phi) is 3.50. The molecule has 1 aliphatic rings. The summed E-state index contributed by atoms with van der Waals surface area (Å²) in [5, 5.41) is 10.3. The van der Waals surface area contributed by atoms with Gasteiger partial charge in [-0.25, -0.2) is 4.39 Å². The molecule has 2 rings (SSSR count). The van der Waals surface area contributed by atoms with Crippen LogP contribution >= 0.6 is 11.6 Å². The maximum Gasteiger partial charge on any atom is 0.168 e. The Morgan fingerprint density at radius 2 is 2.06 bits per heavy atom. The van der Waals surface area contributed by atoms with E-state index >= 15 is 0 Å². The Morgan fingerprint density at radius 3 is 2.65 bits per heavy atom. The number of ketones is 1. The third-order valence-corrected chi connectivity index (χ3v) is 3.67. The van der Waals surface area contributed by atoms with Crippen molar-refractivity contribution < 1.29 is 14.3 Å². The lowest BCUT2D eigenvalue weighted by Crippen LogP contribution is -2.36. The second kappa shape index (κ2) is 4.75. The molecule has 1 aromatic rings. The van der Waals surface area contributed by atoms with E-state index < -0.39 is 11.4 Å². The zero-order valence-corrected chi connectivity index (χ0v) is 10.1. The van der Waals surface area contributed by atoms with Crippen LogP contribution in [0.3, 0.4) is 0 Å². The molecule has 17 heavy (non-hydrogen) atoms. The fourth-order valence-corrected chi connectivity index (χ4v) is 2.48. The van der Waals surface area contributed by atoms with Crippen LogP contribution in [0.5, 0.6) is 0 Å². The molecule has 0 unspecified atom stereocenters. The van der Waals surface area contributed by atoms with Crippen LogP contribution in [0.15, 0.2) is 18.2 Å². The highest BCUT2D eigenvalue weighted by molar-refractivity contribution is 6.31. The molecule has 0 radical (unpaired) electrons. The minimum Gasteiger partial charge on any atom is -0.382 e. The molecule has 1 fully saturated rings. The van der Waals surface area contributed by atoms with Crippen LogP contribution < -0.4 is 0 Å². The molecule has 1 saturated carbocycles. The number of hydrogen-bond donors (Lipinski definition) is 1. The summed E-state index contributed by atoms with van der Waals surface area (Å²) in [6.07, 6.45) is 2.85. The molecule has 0 aromatic heterocycles. The molecule has 1 aliphatic carbocycles. The molecule has 0 saturated heterocycles. The molecule has 2 nitrogen and oxygen atoms in total. The molecule has 1 aromatic carbocycles. The van der Waals surface area contributed by atoms with Crippen LogP contribution in [-0.4, -0.2) is 16.5 Å². The quantitative estimate of drug-likeness (QED) is 0.903. The third kappa shape index (κ3) is 2.67. The van der Waals surface area contributed by atoms with Crippen LogP contribution in [0.2, 0.25) is 5.02 Å². The van der Waals surface area contributed by atoms with Crippen molar-refractivity contribution >= 4 is 17.4 Å². The monoisotopic (exact) mass is 256 g/mol. The van der Waals surface area contributed by atoms with E-state index in [2.05, 4.69) is 0 Å². The van der Waals surface area contributed by atoms with Gasteiger partial charge in [-0.15, -0.1) is 0 Å². The first-order chi connectivity index (χ1) is 8.01. The van der Waals surface area contributed by atoms with Crippen molar-refractivity contribution in [3.05, 3.63) is 34.6 Å². The SMILES string of the molecule is O=C(Cc1ccc(F)cc1Cl)C1(O)CCCC1. The molecule has 0 heterocycles. The highest BCUT2D eigenvalue weighted by Gasteiger charge is 2.38. The van der Waals surface area contributed by atoms with Gasteiger partial charge in [-0.3, -0.25) is 4.79 Å². The van der Waals surface area contributed by atoms with E-state index in [0.717, 1.165) is 12.8 Å². The Hall–Kier alpha value is -0.930. The lowest BCUT2D eigenvalue weighted by molar-refractivity contribution is -0.136. The van der Waals surface area contributed by atoms with Gasteiger partial charge in [0.2, 0.25) is 0 Å². The molecular weight excluding hydrogens is 243 g/mol. The van der Waals surface area contributed by atoms with Gasteiger partial charge in [0.15, 0.2) is 5.78 Å². The van der Waals surface area contributed by atoms with Crippen LogP contribution in [0.4, 0.5) is 4.39 Å². The van der Waals surface area contributed by atoms with E-state index in [9.17, 15) is 14.3 Å². The van der Waals surface area contributed by atoms with Crippen molar-refractivity contribution in [3.63, 3.8) is 0 Å². The molecule has 4 heteroatoms. The van der Waals surface area contributed by atoms with E-state index in [1.807, 2.05) is 0 Å². The Balaban J connectivity index is 2.13. The van der Waals surface area contributed by atoms with Gasteiger partial charge < -0.3 is 5.11 Å². The Morgan fingerprint density at radius 1 is 1.41 bits per heavy atom. The first-order valence-electron chi connectivity index (χ1n) is 5.71. The van der Waals surface area contributed by atoms with Crippen molar-refractivity contribution in [3.8, 4) is 0 Å². The fourth-order valence-electron chi connectivity index (χ4n) is 2.24. The fraction of sp³-hybridized carbons (Fsp3) is 0.462. The number of carbonyl (C=O) groups is 1. The highest BCUT2D eigenvalue weighted by atomic mass is 35.5. The van der Waals surface area contributed by atoms with Crippen LogP contribution in [-0.2, 0) is 11.2 Å². The number of aliphatic hydroxyl groups is 1. The molecular formula is C13H14ClFO2. The van der Waals surface area contributed by atoms with Gasteiger partial charge in [0.05, 0.1) is 0 Å². The summed E-state index contributed by atoms with van der Waals surface area (Å²) >= 11 is 5.85. The Labute approximate surface area is 104 Å². The maximum atomic E-state index is 12.8. The number of carbonyl (C=O) groups excluding carboxylic acids is 1. The minimum atomic E-state index is -1.20. The summed E-state index contributed by atoms with van der Waals surface area (Å²) in [5.74, 6) is -0.644. The number of hydrogen-bond acceptors (Lipinski definition) is 2. The number of halogens is 2. The number of rotatable bonds is 3. The molecule has 0 bridgehead atoms. The van der Waals surface area contributed by atoms with Gasteiger partial charge in [-0.1, -0.05) is 17.7 Å². The highest BCUT2D eigenvalue weighted by Crippen LogP contribution is 2.32. The average Bonchev–Trinajstić information content (AvgIpc) is 2.71. The maximum absolute atomic E-state index is 12.8. The summed E-state index contributed by atoms with van der Waals surface area (Å²) in [7, 11) is 0. The van der Waals surface area contributed by atoms with E-state index in [-0.39, 0.29) is 17.2 Å². The molecule has 0 atom stereocenters. The zero-order valence-electron chi connectivity index (χ0n) is 9.38. The zero-order chi connectivity index (χ0) is 12.5. The molecule has 0 spiro atoms. The predicted octanol–water partition coefficient (Wildman–Crippen LogP) is 2.90. The van der Waals surface area contributed by atoms with E-state index in [1.54, 1.807) is 0 Å². The van der Waals surface area contributed by atoms with Crippen LogP contribution in [0, 0.1) is 5.82 Å². The predicted molar refractivity (Wildman–Crippen MR) is 63.5 cm³/mol. The number of benzene rings is 1. The number of Topliss-reactive ketones (excluding diaryl/α,β-unsaturated/α-hetero) is 1. The van der Waals surface area contributed by atoms with Gasteiger partial charge >= 0.3 is 0 Å². The lowest BCUT2D eigenvalue weighted by Gasteiger charge is -2.20. The Bertz CT molecular complexity index is 439. The van der Waals surface area contributed by atoms with Crippen molar-refractivity contribution in [1.29, 1.82) is 0 Å². The average molecular weight is 257 g/mol. The molecule has 1 N–H and O–H groups in total.